The molecule has 8 nitrogen and oxygen atoms in total. The first-order valence-corrected chi connectivity index (χ1v) is 13.7. The van der Waals surface area contributed by atoms with Crippen molar-refractivity contribution in [3.05, 3.63) is 35.4 Å². The molecule has 2 unspecified atom stereocenters. The Morgan fingerprint density at radius 2 is 1.79 bits per heavy atom. The molecule has 0 saturated carbocycles. The fourth-order valence-electron chi connectivity index (χ4n) is 5.56. The molecule has 1 aliphatic rings. The van der Waals surface area contributed by atoms with Gasteiger partial charge in [0.25, 0.3) is 0 Å². The molecule has 2 rings (SSSR count). The molecule has 0 aliphatic carbocycles. The number of esters is 1. The molecule has 2 atom stereocenters. The zero-order valence-electron chi connectivity index (χ0n) is 25.0. The summed E-state index contributed by atoms with van der Waals surface area (Å²) in [6.45, 7) is 13.9. The van der Waals surface area contributed by atoms with Crippen LogP contribution in [0, 0.1) is 5.41 Å². The summed E-state index contributed by atoms with van der Waals surface area (Å²) in [5.41, 5.74) is 0.178. The van der Waals surface area contributed by atoms with E-state index in [1.54, 1.807) is 0 Å². The van der Waals surface area contributed by atoms with E-state index in [0.717, 1.165) is 30.5 Å². The fourth-order valence-corrected chi connectivity index (χ4v) is 5.56. The van der Waals surface area contributed by atoms with Crippen LogP contribution in [-0.2, 0) is 30.0 Å². The molecule has 1 fully saturated rings. The number of carbonyl (C=O) groups is 3. The predicted octanol–water partition coefficient (Wildman–Crippen LogP) is 4.85. The van der Waals surface area contributed by atoms with E-state index in [1.165, 1.54) is 7.11 Å². The molecule has 0 aromatic heterocycles. The fraction of sp³-hybridized carbons (Fsp3) is 0.700. The van der Waals surface area contributed by atoms with Crippen molar-refractivity contribution in [3.63, 3.8) is 0 Å². The van der Waals surface area contributed by atoms with E-state index >= 15 is 0 Å². The lowest BCUT2D eigenvalue weighted by atomic mass is 9.67. The molecule has 0 bridgehead atoms. The minimum Gasteiger partial charge on any atom is -0.464 e. The first-order chi connectivity index (χ1) is 17.6. The van der Waals surface area contributed by atoms with Gasteiger partial charge in [-0.25, -0.2) is 4.79 Å². The van der Waals surface area contributed by atoms with Gasteiger partial charge in [0.2, 0.25) is 5.91 Å². The highest BCUT2D eigenvalue weighted by atomic mass is 16.5. The van der Waals surface area contributed by atoms with Gasteiger partial charge in [0, 0.05) is 25.6 Å². The van der Waals surface area contributed by atoms with Crippen molar-refractivity contribution in [1.82, 2.24) is 15.1 Å². The average Bonchev–Trinajstić information content (AvgIpc) is 3.27. The molecule has 1 aromatic rings. The Morgan fingerprint density at radius 1 is 1.13 bits per heavy atom. The number of amides is 2. The van der Waals surface area contributed by atoms with E-state index in [-0.39, 0.29) is 23.3 Å². The van der Waals surface area contributed by atoms with Gasteiger partial charge < -0.3 is 24.6 Å². The lowest BCUT2D eigenvalue weighted by Crippen LogP contribution is -2.45. The van der Waals surface area contributed by atoms with Crippen LogP contribution in [0.1, 0.15) is 84.8 Å². The van der Waals surface area contributed by atoms with Gasteiger partial charge in [-0.3, -0.25) is 9.59 Å². The van der Waals surface area contributed by atoms with Crippen molar-refractivity contribution >= 4 is 18.0 Å². The molecule has 1 N–H and O–H groups in total. The van der Waals surface area contributed by atoms with Gasteiger partial charge in [-0.2, -0.15) is 0 Å². The second-order valence-electron chi connectivity index (χ2n) is 12.3. The number of ether oxygens (including phenoxy) is 2. The number of nitrogens with one attached hydrogen (secondary N) is 1. The zero-order valence-corrected chi connectivity index (χ0v) is 25.0. The summed E-state index contributed by atoms with van der Waals surface area (Å²) >= 11 is 0. The zero-order chi connectivity index (χ0) is 28.7. The standard InChI is InChI=1S/C30H49N3O5/c1-10-24(33-16-12-15-25(33)34)20-30(6,26(35)38-18-17-32(7)8)21-28(2,3)22-13-11-14-23(19-22)29(4,5)31-27(36)37-9/h11,13-14,19,24H,10,12,15-18,20-21H2,1-9H3,(H,31,36). The van der Waals surface area contributed by atoms with E-state index in [0.29, 0.717) is 32.4 Å². The van der Waals surface area contributed by atoms with E-state index in [2.05, 4.69) is 38.2 Å². The summed E-state index contributed by atoms with van der Waals surface area (Å²) in [6, 6.07) is 8.11. The van der Waals surface area contributed by atoms with E-state index in [4.69, 9.17) is 9.47 Å². The largest absolute Gasteiger partial charge is 0.464 e. The molecule has 1 aliphatic heterocycles. The number of methoxy groups -OCH3 is 1. The number of hydrogen-bond acceptors (Lipinski definition) is 6. The van der Waals surface area contributed by atoms with E-state index in [9.17, 15) is 14.4 Å². The normalized spacial score (nSPS) is 16.8. The summed E-state index contributed by atoms with van der Waals surface area (Å²) < 4.78 is 10.6. The van der Waals surface area contributed by atoms with Crippen molar-refractivity contribution in [1.29, 1.82) is 0 Å². The number of carbonyl (C=O) groups excluding carboxylic acids is 3. The smallest absolute Gasteiger partial charge is 0.407 e. The number of alkyl carbamates (subject to hydrolysis) is 1. The Labute approximate surface area is 229 Å². The molecule has 1 saturated heterocycles. The van der Waals surface area contributed by atoms with Crippen molar-refractivity contribution in [2.75, 3.05) is 40.9 Å². The monoisotopic (exact) mass is 531 g/mol. The molecule has 0 radical (unpaired) electrons. The number of benzene rings is 1. The number of likely N-dealkylation sites (tertiary alicyclic amines) is 1. The lowest BCUT2D eigenvalue weighted by molar-refractivity contribution is -0.158. The molecule has 0 spiro atoms. The van der Waals surface area contributed by atoms with Gasteiger partial charge in [-0.05, 0) is 77.1 Å². The van der Waals surface area contributed by atoms with Crippen LogP contribution in [0.4, 0.5) is 4.79 Å². The Balaban J connectivity index is 2.38. The van der Waals surface area contributed by atoms with Crippen molar-refractivity contribution in [2.24, 2.45) is 5.41 Å². The summed E-state index contributed by atoms with van der Waals surface area (Å²) in [4.78, 5) is 42.1. The summed E-state index contributed by atoms with van der Waals surface area (Å²) in [6.07, 6.45) is 2.84. The van der Waals surface area contributed by atoms with E-state index in [1.807, 2.05) is 56.8 Å². The third-order valence-electron chi connectivity index (χ3n) is 7.77. The molecule has 1 heterocycles. The van der Waals surface area contributed by atoms with Crippen molar-refractivity contribution < 1.29 is 23.9 Å². The minimum atomic E-state index is -0.796. The van der Waals surface area contributed by atoms with Crippen molar-refractivity contribution in [2.45, 2.75) is 90.6 Å². The quantitative estimate of drug-likeness (QED) is 0.366. The third kappa shape index (κ3) is 8.19. The Morgan fingerprint density at radius 3 is 2.34 bits per heavy atom. The maximum Gasteiger partial charge on any atom is 0.407 e. The Hall–Kier alpha value is -2.61. The van der Waals surface area contributed by atoms with Crippen LogP contribution in [0.3, 0.4) is 0 Å². The van der Waals surface area contributed by atoms with Gasteiger partial charge in [-0.15, -0.1) is 0 Å². The summed E-state index contributed by atoms with van der Waals surface area (Å²) in [5, 5.41) is 2.89. The topological polar surface area (TPSA) is 88.2 Å². The highest BCUT2D eigenvalue weighted by Crippen LogP contribution is 2.43. The maximum absolute atomic E-state index is 13.7. The molecule has 38 heavy (non-hydrogen) atoms. The van der Waals surface area contributed by atoms with Crippen LogP contribution in [0.5, 0.6) is 0 Å². The first-order valence-electron chi connectivity index (χ1n) is 13.7. The number of hydrogen-bond donors (Lipinski definition) is 1. The van der Waals surface area contributed by atoms with Crippen LogP contribution < -0.4 is 5.32 Å². The van der Waals surface area contributed by atoms with Gasteiger partial charge in [0.15, 0.2) is 0 Å². The van der Waals surface area contributed by atoms with Crippen LogP contribution in [0.15, 0.2) is 24.3 Å². The Kier molecular flexibility index (Phi) is 10.8. The summed E-state index contributed by atoms with van der Waals surface area (Å²) in [7, 11) is 5.25. The average molecular weight is 532 g/mol. The minimum absolute atomic E-state index is 0.0123. The molecular weight excluding hydrogens is 482 g/mol. The van der Waals surface area contributed by atoms with Crippen LogP contribution in [-0.4, -0.2) is 74.7 Å². The number of rotatable bonds is 13. The predicted molar refractivity (Wildman–Crippen MR) is 150 cm³/mol. The van der Waals surface area contributed by atoms with Gasteiger partial charge in [0.05, 0.1) is 18.1 Å². The second-order valence-corrected chi connectivity index (χ2v) is 12.3. The van der Waals surface area contributed by atoms with Gasteiger partial charge in [-0.1, -0.05) is 45.0 Å². The van der Waals surface area contributed by atoms with Gasteiger partial charge in [0.1, 0.15) is 6.61 Å². The lowest BCUT2D eigenvalue weighted by Gasteiger charge is -2.40. The highest BCUT2D eigenvalue weighted by Gasteiger charge is 2.44. The molecule has 8 heteroatoms. The number of nitrogens with zero attached hydrogens (tertiary/aromatic N) is 2. The van der Waals surface area contributed by atoms with E-state index < -0.39 is 17.0 Å². The van der Waals surface area contributed by atoms with Crippen LogP contribution in [0.25, 0.3) is 0 Å². The van der Waals surface area contributed by atoms with Crippen molar-refractivity contribution in [3.8, 4) is 0 Å². The first kappa shape index (κ1) is 31.6. The number of likely N-dealkylation sites (N-methyl/N-ethyl adjacent to an activating group) is 1. The SMILES string of the molecule is CCC(CC(C)(CC(C)(C)c1cccc(C(C)(C)NC(=O)OC)c1)C(=O)OCCN(C)C)N1CCCC1=O. The Bertz CT molecular complexity index is 974. The maximum atomic E-state index is 13.7. The third-order valence-corrected chi connectivity index (χ3v) is 7.77. The highest BCUT2D eigenvalue weighted by molar-refractivity contribution is 5.79. The molecule has 1 aromatic carbocycles. The summed E-state index contributed by atoms with van der Waals surface area (Å²) in [5.74, 6) is -0.0474. The van der Waals surface area contributed by atoms with Crippen LogP contribution >= 0.6 is 0 Å². The molecular formula is C30H49N3O5. The second kappa shape index (κ2) is 13.0. The molecule has 214 valence electrons. The van der Waals surface area contributed by atoms with Crippen LogP contribution in [0.2, 0.25) is 0 Å². The van der Waals surface area contributed by atoms with Gasteiger partial charge >= 0.3 is 12.1 Å². The molecule has 2 amide bonds.